The molecule has 26 heavy (non-hydrogen) atoms. The van der Waals surface area contributed by atoms with Crippen molar-refractivity contribution in [1.82, 2.24) is 0 Å². The van der Waals surface area contributed by atoms with Crippen LogP contribution in [0.3, 0.4) is 0 Å². The van der Waals surface area contributed by atoms with Crippen molar-refractivity contribution in [2.75, 3.05) is 17.7 Å². The lowest BCUT2D eigenvalue weighted by atomic mass is 10.1. The summed E-state index contributed by atoms with van der Waals surface area (Å²) >= 11 is 1.37. The summed E-state index contributed by atoms with van der Waals surface area (Å²) in [5, 5.41) is 2.60. The summed E-state index contributed by atoms with van der Waals surface area (Å²) in [5.41, 5.74) is 3.35. The molecule has 0 atom stereocenters. The van der Waals surface area contributed by atoms with Crippen molar-refractivity contribution < 1.29 is 19.1 Å². The van der Waals surface area contributed by atoms with Crippen LogP contribution in [0.25, 0.3) is 0 Å². The Morgan fingerprint density at radius 2 is 1.81 bits per heavy atom. The zero-order valence-electron chi connectivity index (χ0n) is 15.0. The number of aryl methyl sites for hydroxylation is 2. The molecule has 0 aliphatic rings. The van der Waals surface area contributed by atoms with Crippen LogP contribution in [-0.4, -0.2) is 30.0 Å². The molecule has 0 spiro atoms. The summed E-state index contributed by atoms with van der Waals surface area (Å²) in [5.74, 6) is -0.859. The molecule has 1 N–H and O–H groups in total. The fourth-order valence-corrected chi connectivity index (χ4v) is 2.94. The van der Waals surface area contributed by atoms with Crippen molar-refractivity contribution in [2.24, 2.45) is 0 Å². The summed E-state index contributed by atoms with van der Waals surface area (Å²) < 4.78 is 4.99. The molecule has 0 aliphatic carbocycles. The predicted molar refractivity (Wildman–Crippen MR) is 103 cm³/mol. The molecule has 2 aromatic carbocycles. The number of carbonyl (C=O) groups excluding carboxylic acids is 3. The molecule has 0 bridgehead atoms. The SMILES string of the molecule is CC(=O)c1cccc(NC(=O)COC(=O)CSc2ccc(C)c(C)c2)c1. The highest BCUT2D eigenvalue weighted by molar-refractivity contribution is 8.00. The van der Waals surface area contributed by atoms with Crippen LogP contribution in [0.15, 0.2) is 47.4 Å². The van der Waals surface area contributed by atoms with Gasteiger partial charge in [0.15, 0.2) is 12.4 Å². The number of thioether (sulfide) groups is 1. The second kappa shape index (κ2) is 9.20. The van der Waals surface area contributed by atoms with E-state index in [9.17, 15) is 14.4 Å². The molecule has 0 aliphatic heterocycles. The monoisotopic (exact) mass is 371 g/mol. The van der Waals surface area contributed by atoms with Crippen LogP contribution >= 0.6 is 11.8 Å². The van der Waals surface area contributed by atoms with Crippen LogP contribution in [0.5, 0.6) is 0 Å². The van der Waals surface area contributed by atoms with Gasteiger partial charge in [-0.2, -0.15) is 0 Å². The maximum Gasteiger partial charge on any atom is 0.316 e. The van der Waals surface area contributed by atoms with Gasteiger partial charge < -0.3 is 10.1 Å². The molecule has 1 amide bonds. The molecule has 2 rings (SSSR count). The van der Waals surface area contributed by atoms with E-state index < -0.39 is 11.9 Å². The molecule has 6 heteroatoms. The average molecular weight is 371 g/mol. The Labute approximate surface area is 157 Å². The summed E-state index contributed by atoms with van der Waals surface area (Å²) in [6.07, 6.45) is 0. The van der Waals surface area contributed by atoms with E-state index in [0.29, 0.717) is 11.3 Å². The van der Waals surface area contributed by atoms with E-state index in [2.05, 4.69) is 5.32 Å². The van der Waals surface area contributed by atoms with Gasteiger partial charge >= 0.3 is 5.97 Å². The molecule has 0 radical (unpaired) electrons. The quantitative estimate of drug-likeness (QED) is 0.456. The fourth-order valence-electron chi connectivity index (χ4n) is 2.15. The topological polar surface area (TPSA) is 72.5 Å². The summed E-state index contributed by atoms with van der Waals surface area (Å²) in [4.78, 5) is 36.0. The first-order chi connectivity index (χ1) is 12.3. The maximum absolute atomic E-state index is 11.9. The number of anilines is 1. The van der Waals surface area contributed by atoms with Gasteiger partial charge in [-0.1, -0.05) is 18.2 Å². The number of nitrogens with one attached hydrogen (secondary N) is 1. The van der Waals surface area contributed by atoms with Crippen molar-refractivity contribution in [3.8, 4) is 0 Å². The number of benzene rings is 2. The lowest BCUT2D eigenvalue weighted by Gasteiger charge is -2.08. The number of ketones is 1. The van der Waals surface area contributed by atoms with Crippen molar-refractivity contribution in [1.29, 1.82) is 0 Å². The maximum atomic E-state index is 11.9. The highest BCUT2D eigenvalue weighted by Gasteiger charge is 2.10. The molecular weight excluding hydrogens is 350 g/mol. The third kappa shape index (κ3) is 6.04. The largest absolute Gasteiger partial charge is 0.455 e. The van der Waals surface area contributed by atoms with Crippen LogP contribution in [-0.2, 0) is 14.3 Å². The van der Waals surface area contributed by atoms with Gasteiger partial charge in [-0.3, -0.25) is 14.4 Å². The number of hydrogen-bond donors (Lipinski definition) is 1. The lowest BCUT2D eigenvalue weighted by Crippen LogP contribution is -2.21. The molecule has 0 unspecified atom stereocenters. The minimum atomic E-state index is -0.458. The molecule has 0 aromatic heterocycles. The molecule has 0 heterocycles. The highest BCUT2D eigenvalue weighted by Crippen LogP contribution is 2.21. The fraction of sp³-hybridized carbons (Fsp3) is 0.250. The Bertz CT molecular complexity index is 832. The van der Waals surface area contributed by atoms with E-state index in [1.54, 1.807) is 24.3 Å². The first kappa shape index (κ1) is 19.7. The van der Waals surface area contributed by atoms with Gasteiger partial charge in [0.05, 0.1) is 5.75 Å². The van der Waals surface area contributed by atoms with E-state index in [-0.39, 0.29) is 18.1 Å². The van der Waals surface area contributed by atoms with Gasteiger partial charge in [0.2, 0.25) is 0 Å². The predicted octanol–water partition coefficient (Wildman–Crippen LogP) is 3.78. The molecular formula is C20H21NO4S. The van der Waals surface area contributed by atoms with Gasteiger partial charge in [0, 0.05) is 16.1 Å². The van der Waals surface area contributed by atoms with Gasteiger partial charge in [0.1, 0.15) is 0 Å². The molecule has 0 saturated carbocycles. The van der Waals surface area contributed by atoms with Crippen molar-refractivity contribution in [2.45, 2.75) is 25.7 Å². The van der Waals surface area contributed by atoms with Crippen molar-refractivity contribution in [3.63, 3.8) is 0 Å². The van der Waals surface area contributed by atoms with E-state index in [4.69, 9.17) is 4.74 Å². The minimum absolute atomic E-state index is 0.0871. The number of rotatable bonds is 7. The van der Waals surface area contributed by atoms with E-state index in [1.165, 1.54) is 24.2 Å². The Morgan fingerprint density at radius 1 is 1.04 bits per heavy atom. The number of Topliss-reactive ketones (excluding diaryl/α,β-unsaturated/α-hetero) is 1. The zero-order chi connectivity index (χ0) is 19.1. The van der Waals surface area contributed by atoms with Crippen LogP contribution in [0.2, 0.25) is 0 Å². The first-order valence-corrected chi connectivity index (χ1v) is 9.10. The van der Waals surface area contributed by atoms with Crippen molar-refractivity contribution in [3.05, 3.63) is 59.2 Å². The summed E-state index contributed by atoms with van der Waals surface area (Å²) in [6.45, 7) is 5.14. The Morgan fingerprint density at radius 3 is 2.50 bits per heavy atom. The molecule has 0 fully saturated rings. The number of esters is 1. The highest BCUT2D eigenvalue weighted by atomic mass is 32.2. The zero-order valence-corrected chi connectivity index (χ0v) is 15.8. The molecule has 5 nitrogen and oxygen atoms in total. The number of carbonyl (C=O) groups is 3. The average Bonchev–Trinajstić information content (AvgIpc) is 2.61. The third-order valence-electron chi connectivity index (χ3n) is 3.75. The lowest BCUT2D eigenvalue weighted by molar-refractivity contribution is -0.144. The standard InChI is InChI=1S/C20H21NO4S/c1-13-7-8-18(9-14(13)2)26-12-20(24)25-11-19(23)21-17-6-4-5-16(10-17)15(3)22/h4-10H,11-12H2,1-3H3,(H,21,23). The van der Waals surface area contributed by atoms with E-state index in [1.807, 2.05) is 32.0 Å². The summed E-state index contributed by atoms with van der Waals surface area (Å²) in [6, 6.07) is 12.6. The van der Waals surface area contributed by atoms with Crippen molar-refractivity contribution >= 4 is 35.1 Å². The smallest absolute Gasteiger partial charge is 0.316 e. The van der Waals surface area contributed by atoms with Gasteiger partial charge in [-0.15, -0.1) is 11.8 Å². The number of hydrogen-bond acceptors (Lipinski definition) is 5. The van der Waals surface area contributed by atoms with Gasteiger partial charge in [-0.25, -0.2) is 0 Å². The Hall–Kier alpha value is -2.60. The second-order valence-corrected chi connectivity index (χ2v) is 6.93. The second-order valence-electron chi connectivity index (χ2n) is 5.88. The van der Waals surface area contributed by atoms with Gasteiger partial charge in [0.25, 0.3) is 5.91 Å². The molecule has 2 aromatic rings. The Balaban J connectivity index is 1.77. The van der Waals surface area contributed by atoms with Gasteiger partial charge in [-0.05, 0) is 56.2 Å². The first-order valence-electron chi connectivity index (χ1n) is 8.11. The van der Waals surface area contributed by atoms with Crippen LogP contribution in [0.4, 0.5) is 5.69 Å². The number of amides is 1. The number of ether oxygens (including phenoxy) is 1. The minimum Gasteiger partial charge on any atom is -0.455 e. The third-order valence-corrected chi connectivity index (χ3v) is 4.72. The molecule has 0 saturated heterocycles. The van der Waals surface area contributed by atoms with E-state index in [0.717, 1.165) is 10.5 Å². The van der Waals surface area contributed by atoms with Crippen LogP contribution < -0.4 is 5.32 Å². The molecule has 136 valence electrons. The van der Waals surface area contributed by atoms with Crippen LogP contribution in [0, 0.1) is 13.8 Å². The van der Waals surface area contributed by atoms with Crippen LogP contribution in [0.1, 0.15) is 28.4 Å². The normalized spacial score (nSPS) is 10.3. The van der Waals surface area contributed by atoms with E-state index >= 15 is 0 Å². The summed E-state index contributed by atoms with van der Waals surface area (Å²) in [7, 11) is 0. The Kier molecular flexibility index (Phi) is 6.97.